The van der Waals surface area contributed by atoms with Gasteiger partial charge in [0, 0.05) is 11.9 Å². The van der Waals surface area contributed by atoms with Gasteiger partial charge in [-0.2, -0.15) is 0 Å². The number of fused-ring (bicyclic) bond motifs is 1. The molecule has 13 heavy (non-hydrogen) atoms. The Morgan fingerprint density at radius 1 is 1.08 bits per heavy atom. The summed E-state index contributed by atoms with van der Waals surface area (Å²) in [5, 5.41) is 2.64. The average Bonchev–Trinajstić information content (AvgIpc) is 2.21. The molecule has 1 nitrogen and oxygen atoms in total. The Morgan fingerprint density at radius 3 is 2.38 bits per heavy atom. The Kier molecular flexibility index (Phi) is 3.69. The highest BCUT2D eigenvalue weighted by molar-refractivity contribution is 5.37. The predicted octanol–water partition coefficient (Wildman–Crippen LogP) is 1.77. The third-order valence-corrected chi connectivity index (χ3v) is 2.00. The molecule has 0 aromatic carbocycles. The molecule has 1 aliphatic rings. The summed E-state index contributed by atoms with van der Waals surface area (Å²) in [6, 6.07) is 2.14. The molecule has 0 unspecified atom stereocenters. The second-order valence-corrected chi connectivity index (χ2v) is 2.94. The van der Waals surface area contributed by atoms with E-state index in [1.54, 1.807) is 0 Å². The third-order valence-electron chi connectivity index (χ3n) is 2.00. The number of hydrogen-bond donors (Lipinski definition) is 0. The Balaban J connectivity index is 0.000000396. The molecule has 0 fully saturated rings. The molecule has 0 spiro atoms. The van der Waals surface area contributed by atoms with Crippen molar-refractivity contribution in [2.45, 2.75) is 33.6 Å². The van der Waals surface area contributed by atoms with Gasteiger partial charge in [0.25, 0.3) is 0 Å². The largest absolute Gasteiger partial charge is 0.261 e. The van der Waals surface area contributed by atoms with E-state index in [0.29, 0.717) is 0 Å². The standard InChI is InChI=1S/C10H11N.C2H6/c1-8-6-9-4-2-3-5-10(9)7-11-8;1-2/h4-7H,2-3H2,1H3;1-2H3. The van der Waals surface area contributed by atoms with E-state index in [1.165, 1.54) is 16.9 Å². The van der Waals surface area contributed by atoms with Crippen LogP contribution in [0.15, 0.2) is 12.3 Å². The molecule has 0 saturated carbocycles. The van der Waals surface area contributed by atoms with Crippen molar-refractivity contribution < 1.29 is 0 Å². The number of aromatic nitrogens is 1. The second kappa shape index (κ2) is 4.80. The van der Waals surface area contributed by atoms with Crippen molar-refractivity contribution in [1.82, 2.24) is 4.98 Å². The molecule has 0 bridgehead atoms. The second-order valence-electron chi connectivity index (χ2n) is 2.94. The van der Waals surface area contributed by atoms with Crippen LogP contribution in [0.2, 0.25) is 0 Å². The normalized spacial score (nSPS) is 12.8. The number of aryl methyl sites for hydroxylation is 1. The maximum Gasteiger partial charge on any atom is 0.0378 e. The molecule has 1 aromatic heterocycles. The fourth-order valence-corrected chi connectivity index (χ4v) is 1.42. The molecule has 70 valence electrons. The summed E-state index contributed by atoms with van der Waals surface area (Å²) >= 11 is 0. The highest BCUT2D eigenvalue weighted by Gasteiger charge is 1.92. The Hall–Kier alpha value is -1.11. The number of nitrogens with zero attached hydrogens (tertiary/aromatic N) is 1. The molecule has 0 N–H and O–H groups in total. The lowest BCUT2D eigenvalue weighted by atomic mass is 10.1. The first-order valence-electron chi connectivity index (χ1n) is 4.99. The van der Waals surface area contributed by atoms with Crippen LogP contribution in [0.5, 0.6) is 0 Å². The molecular formula is C12H17N. The van der Waals surface area contributed by atoms with Crippen molar-refractivity contribution in [3.05, 3.63) is 28.4 Å². The summed E-state index contributed by atoms with van der Waals surface area (Å²) in [5.41, 5.74) is 1.11. The molecule has 0 saturated heterocycles. The first-order valence-corrected chi connectivity index (χ1v) is 4.99. The van der Waals surface area contributed by atoms with E-state index >= 15 is 0 Å². The zero-order valence-corrected chi connectivity index (χ0v) is 8.67. The highest BCUT2D eigenvalue weighted by Crippen LogP contribution is 1.94. The lowest BCUT2D eigenvalue weighted by Crippen LogP contribution is -2.27. The quantitative estimate of drug-likeness (QED) is 0.585. The van der Waals surface area contributed by atoms with E-state index in [4.69, 9.17) is 0 Å². The molecule has 0 radical (unpaired) electrons. The van der Waals surface area contributed by atoms with Crippen molar-refractivity contribution in [2.24, 2.45) is 0 Å². The van der Waals surface area contributed by atoms with Gasteiger partial charge in [-0.25, -0.2) is 0 Å². The van der Waals surface area contributed by atoms with E-state index in [-0.39, 0.29) is 0 Å². The van der Waals surface area contributed by atoms with Crippen LogP contribution in [-0.2, 0) is 0 Å². The van der Waals surface area contributed by atoms with E-state index in [2.05, 4.69) is 23.2 Å². The minimum atomic E-state index is 1.11. The molecule has 0 aliphatic heterocycles. The van der Waals surface area contributed by atoms with Gasteiger partial charge in [-0.05, 0) is 36.3 Å². The Labute approximate surface area is 79.8 Å². The first-order chi connectivity index (χ1) is 6.36. The smallest absolute Gasteiger partial charge is 0.0378 e. The van der Waals surface area contributed by atoms with E-state index in [9.17, 15) is 0 Å². The molecule has 0 amide bonds. The fraction of sp³-hybridized carbons (Fsp3) is 0.417. The number of pyridine rings is 1. The molecule has 1 aliphatic carbocycles. The maximum absolute atomic E-state index is 4.24. The molecule has 1 heteroatoms. The SMILES string of the molecule is CC.Cc1cc2c(cn1)=CCCC=2. The molecule has 0 atom stereocenters. The summed E-state index contributed by atoms with van der Waals surface area (Å²) < 4.78 is 0. The Bertz CT molecular complexity index is 377. The monoisotopic (exact) mass is 175 g/mol. The number of rotatable bonds is 0. The summed E-state index contributed by atoms with van der Waals surface area (Å²) in [5.74, 6) is 0. The minimum Gasteiger partial charge on any atom is -0.261 e. The van der Waals surface area contributed by atoms with Crippen LogP contribution in [0.4, 0.5) is 0 Å². The van der Waals surface area contributed by atoms with Crippen molar-refractivity contribution in [3.63, 3.8) is 0 Å². The van der Waals surface area contributed by atoms with Gasteiger partial charge in [0.2, 0.25) is 0 Å². The number of hydrogen-bond acceptors (Lipinski definition) is 1. The van der Waals surface area contributed by atoms with Gasteiger partial charge in [0.1, 0.15) is 0 Å². The van der Waals surface area contributed by atoms with E-state index < -0.39 is 0 Å². The van der Waals surface area contributed by atoms with Crippen molar-refractivity contribution in [1.29, 1.82) is 0 Å². The summed E-state index contributed by atoms with van der Waals surface area (Å²) in [4.78, 5) is 4.24. The van der Waals surface area contributed by atoms with Crippen molar-refractivity contribution in [2.75, 3.05) is 0 Å². The average molecular weight is 175 g/mol. The van der Waals surface area contributed by atoms with Gasteiger partial charge >= 0.3 is 0 Å². The zero-order chi connectivity index (χ0) is 9.68. The molecule has 1 heterocycles. The zero-order valence-electron chi connectivity index (χ0n) is 8.67. The third kappa shape index (κ3) is 2.41. The summed E-state index contributed by atoms with van der Waals surface area (Å²) in [6.45, 7) is 6.03. The fourth-order valence-electron chi connectivity index (χ4n) is 1.42. The lowest BCUT2D eigenvalue weighted by Gasteiger charge is -1.99. The summed E-state index contributed by atoms with van der Waals surface area (Å²) in [7, 11) is 0. The van der Waals surface area contributed by atoms with Gasteiger partial charge in [-0.3, -0.25) is 4.98 Å². The van der Waals surface area contributed by atoms with Crippen LogP contribution in [0, 0.1) is 6.92 Å². The van der Waals surface area contributed by atoms with Crippen molar-refractivity contribution in [3.8, 4) is 0 Å². The van der Waals surface area contributed by atoms with Gasteiger partial charge in [-0.15, -0.1) is 0 Å². The first kappa shape index (κ1) is 9.97. The van der Waals surface area contributed by atoms with Gasteiger partial charge in [0.05, 0.1) is 0 Å². The topological polar surface area (TPSA) is 12.9 Å². The van der Waals surface area contributed by atoms with Gasteiger partial charge in [-0.1, -0.05) is 26.0 Å². The van der Waals surface area contributed by atoms with Crippen LogP contribution < -0.4 is 10.4 Å². The van der Waals surface area contributed by atoms with E-state index in [1.807, 2.05) is 27.0 Å². The highest BCUT2D eigenvalue weighted by atomic mass is 14.6. The van der Waals surface area contributed by atoms with Gasteiger partial charge in [0.15, 0.2) is 0 Å². The van der Waals surface area contributed by atoms with Crippen LogP contribution in [0.1, 0.15) is 32.4 Å². The summed E-state index contributed by atoms with van der Waals surface area (Å²) in [6.07, 6.45) is 8.83. The minimum absolute atomic E-state index is 1.11. The van der Waals surface area contributed by atoms with Crippen LogP contribution in [0.3, 0.4) is 0 Å². The molecular weight excluding hydrogens is 158 g/mol. The lowest BCUT2D eigenvalue weighted by molar-refractivity contribution is 1.08. The van der Waals surface area contributed by atoms with Crippen LogP contribution >= 0.6 is 0 Å². The van der Waals surface area contributed by atoms with Crippen LogP contribution in [0.25, 0.3) is 12.2 Å². The maximum atomic E-state index is 4.24. The molecule has 2 rings (SSSR count). The van der Waals surface area contributed by atoms with Crippen LogP contribution in [-0.4, -0.2) is 4.98 Å². The van der Waals surface area contributed by atoms with Gasteiger partial charge < -0.3 is 0 Å². The predicted molar refractivity (Wildman–Crippen MR) is 57.7 cm³/mol. The Morgan fingerprint density at radius 2 is 1.69 bits per heavy atom. The van der Waals surface area contributed by atoms with Crippen molar-refractivity contribution >= 4 is 12.2 Å². The molecule has 1 aromatic rings. The van der Waals surface area contributed by atoms with E-state index in [0.717, 1.165) is 12.1 Å².